The molecule has 0 radical (unpaired) electrons. The molecule has 0 atom stereocenters. The lowest BCUT2D eigenvalue weighted by molar-refractivity contribution is 0.646. The molecule has 0 unspecified atom stereocenters. The fourth-order valence-corrected chi connectivity index (χ4v) is 3.68. The molecule has 0 aliphatic carbocycles. The van der Waals surface area contributed by atoms with Gasteiger partial charge in [-0.05, 0) is 30.7 Å². The summed E-state index contributed by atoms with van der Waals surface area (Å²) in [6, 6.07) is 25.2. The van der Waals surface area contributed by atoms with Crippen LogP contribution in [0.25, 0.3) is 27.8 Å². The molecule has 6 nitrogen and oxygen atoms in total. The number of hydrogen-bond acceptors (Lipinski definition) is 4. The Morgan fingerprint density at radius 3 is 2.47 bits per heavy atom. The van der Waals surface area contributed by atoms with Gasteiger partial charge in [-0.1, -0.05) is 65.9 Å². The first kappa shape index (κ1) is 18.0. The van der Waals surface area contributed by atoms with Gasteiger partial charge in [0.2, 0.25) is 0 Å². The van der Waals surface area contributed by atoms with Crippen molar-refractivity contribution in [2.24, 2.45) is 0 Å². The average Bonchev–Trinajstić information content (AvgIpc) is 3.24. The van der Waals surface area contributed by atoms with Crippen LogP contribution in [0.15, 0.2) is 89.9 Å². The lowest BCUT2D eigenvalue weighted by Gasteiger charge is -2.15. The van der Waals surface area contributed by atoms with Gasteiger partial charge < -0.3 is 0 Å². The predicted molar refractivity (Wildman–Crippen MR) is 117 cm³/mol. The van der Waals surface area contributed by atoms with Crippen molar-refractivity contribution >= 4 is 10.9 Å². The van der Waals surface area contributed by atoms with E-state index in [1.165, 1.54) is 0 Å². The van der Waals surface area contributed by atoms with E-state index < -0.39 is 0 Å². The fourth-order valence-electron chi connectivity index (χ4n) is 3.68. The summed E-state index contributed by atoms with van der Waals surface area (Å²) in [4.78, 5) is 17.9. The van der Waals surface area contributed by atoms with Crippen molar-refractivity contribution in [1.29, 1.82) is 0 Å². The zero-order chi connectivity index (χ0) is 20.5. The third-order valence-electron chi connectivity index (χ3n) is 5.12. The third kappa shape index (κ3) is 3.18. The minimum Gasteiger partial charge on any atom is -0.268 e. The molecule has 0 saturated heterocycles. The Bertz CT molecular complexity index is 1400. The standard InChI is InChI=1S/C24H19N5O/c1-17-25-21-13-7-6-12-20(21)24(30)29(17)23-14-8-5-11-19(23)15-28-16-22(26-27-28)18-9-3-2-4-10-18/h2-14,16H,15H2,1H3. The molecule has 30 heavy (non-hydrogen) atoms. The molecule has 0 N–H and O–H groups in total. The van der Waals surface area contributed by atoms with Gasteiger partial charge in [0, 0.05) is 5.56 Å². The second-order valence-corrected chi connectivity index (χ2v) is 7.11. The van der Waals surface area contributed by atoms with Crippen LogP contribution in [0.5, 0.6) is 0 Å². The van der Waals surface area contributed by atoms with E-state index in [9.17, 15) is 4.79 Å². The minimum atomic E-state index is -0.0749. The number of fused-ring (bicyclic) bond motifs is 1. The van der Waals surface area contributed by atoms with E-state index >= 15 is 0 Å². The molecule has 0 aliphatic rings. The van der Waals surface area contributed by atoms with Gasteiger partial charge in [0.05, 0.1) is 29.3 Å². The van der Waals surface area contributed by atoms with Crippen molar-refractivity contribution in [3.05, 3.63) is 107 Å². The second kappa shape index (κ2) is 7.40. The molecule has 3 aromatic carbocycles. The Labute approximate surface area is 173 Å². The molecule has 0 saturated carbocycles. The Kier molecular flexibility index (Phi) is 4.44. The number of nitrogens with zero attached hydrogens (tertiary/aromatic N) is 5. The largest absolute Gasteiger partial charge is 0.268 e. The highest BCUT2D eigenvalue weighted by Gasteiger charge is 2.13. The molecular weight excluding hydrogens is 374 g/mol. The van der Waals surface area contributed by atoms with E-state index in [0.717, 1.165) is 22.5 Å². The van der Waals surface area contributed by atoms with Crippen LogP contribution in [0.2, 0.25) is 0 Å². The van der Waals surface area contributed by atoms with Crippen molar-refractivity contribution in [2.75, 3.05) is 0 Å². The summed E-state index contributed by atoms with van der Waals surface area (Å²) in [5, 5.41) is 9.18. The number of rotatable bonds is 4. The number of aromatic nitrogens is 5. The Balaban J connectivity index is 1.57. The van der Waals surface area contributed by atoms with Crippen molar-refractivity contribution in [3.63, 3.8) is 0 Å². The first-order valence-electron chi connectivity index (χ1n) is 9.73. The van der Waals surface area contributed by atoms with Crippen LogP contribution < -0.4 is 5.56 Å². The zero-order valence-corrected chi connectivity index (χ0v) is 16.4. The summed E-state index contributed by atoms with van der Waals surface area (Å²) < 4.78 is 3.46. The molecule has 0 amide bonds. The topological polar surface area (TPSA) is 65.6 Å². The van der Waals surface area contributed by atoms with Gasteiger partial charge >= 0.3 is 0 Å². The molecule has 0 aliphatic heterocycles. The number of hydrogen-bond donors (Lipinski definition) is 0. The number of aryl methyl sites for hydroxylation is 1. The lowest BCUT2D eigenvalue weighted by Crippen LogP contribution is -2.23. The molecular formula is C24H19N5O. The van der Waals surface area contributed by atoms with Gasteiger partial charge in [0.1, 0.15) is 11.5 Å². The van der Waals surface area contributed by atoms with E-state index in [4.69, 9.17) is 0 Å². The molecule has 146 valence electrons. The predicted octanol–water partition coefficient (Wildman–Crippen LogP) is 4.00. The maximum atomic E-state index is 13.2. The molecule has 0 fully saturated rings. The van der Waals surface area contributed by atoms with E-state index in [0.29, 0.717) is 23.3 Å². The van der Waals surface area contributed by atoms with E-state index in [1.54, 1.807) is 9.25 Å². The average molecular weight is 393 g/mol. The summed E-state index contributed by atoms with van der Waals surface area (Å²) in [7, 11) is 0. The first-order chi connectivity index (χ1) is 14.7. The maximum absolute atomic E-state index is 13.2. The van der Waals surface area contributed by atoms with E-state index in [2.05, 4.69) is 15.3 Å². The molecule has 2 heterocycles. The summed E-state index contributed by atoms with van der Waals surface area (Å²) in [6.07, 6.45) is 1.92. The quantitative estimate of drug-likeness (QED) is 0.463. The minimum absolute atomic E-state index is 0.0749. The van der Waals surface area contributed by atoms with Crippen LogP contribution >= 0.6 is 0 Å². The van der Waals surface area contributed by atoms with Gasteiger partial charge in [0.15, 0.2) is 0 Å². The van der Waals surface area contributed by atoms with Crippen molar-refractivity contribution in [3.8, 4) is 16.9 Å². The summed E-state index contributed by atoms with van der Waals surface area (Å²) in [6.45, 7) is 2.35. The summed E-state index contributed by atoms with van der Waals surface area (Å²) in [5.41, 5.74) is 4.22. The number of benzene rings is 3. The normalized spacial score (nSPS) is 11.1. The smallest absolute Gasteiger partial charge is 0.265 e. The summed E-state index contributed by atoms with van der Waals surface area (Å²) in [5.74, 6) is 0.648. The molecule has 2 aromatic heterocycles. The van der Waals surface area contributed by atoms with Gasteiger partial charge in [-0.2, -0.15) is 0 Å². The maximum Gasteiger partial charge on any atom is 0.265 e. The summed E-state index contributed by atoms with van der Waals surface area (Å²) >= 11 is 0. The Morgan fingerprint density at radius 1 is 0.867 bits per heavy atom. The second-order valence-electron chi connectivity index (χ2n) is 7.11. The lowest BCUT2D eigenvalue weighted by atomic mass is 10.1. The third-order valence-corrected chi connectivity index (χ3v) is 5.12. The van der Waals surface area contributed by atoms with Crippen molar-refractivity contribution in [1.82, 2.24) is 24.5 Å². The molecule has 0 bridgehead atoms. The van der Waals surface area contributed by atoms with Crippen molar-refractivity contribution in [2.45, 2.75) is 13.5 Å². The van der Waals surface area contributed by atoms with E-state index in [-0.39, 0.29) is 5.56 Å². The van der Waals surface area contributed by atoms with Crippen LogP contribution in [0, 0.1) is 6.92 Å². The molecule has 5 rings (SSSR count). The van der Waals surface area contributed by atoms with Crippen molar-refractivity contribution < 1.29 is 0 Å². The highest BCUT2D eigenvalue weighted by Crippen LogP contribution is 2.19. The van der Waals surface area contributed by atoms with Gasteiger partial charge in [-0.3, -0.25) is 9.36 Å². The number of para-hydroxylation sites is 2. The molecule has 6 heteroatoms. The Hall–Kier alpha value is -4.06. The van der Waals surface area contributed by atoms with Gasteiger partial charge in [-0.25, -0.2) is 9.67 Å². The van der Waals surface area contributed by atoms with Crippen LogP contribution in [0.4, 0.5) is 0 Å². The molecule has 5 aromatic rings. The van der Waals surface area contributed by atoms with Gasteiger partial charge in [0.25, 0.3) is 5.56 Å². The Morgan fingerprint density at radius 2 is 1.60 bits per heavy atom. The first-order valence-corrected chi connectivity index (χ1v) is 9.73. The monoisotopic (exact) mass is 393 g/mol. The fraction of sp³-hybridized carbons (Fsp3) is 0.0833. The van der Waals surface area contributed by atoms with Crippen LogP contribution in [0.3, 0.4) is 0 Å². The van der Waals surface area contributed by atoms with Crippen LogP contribution in [-0.4, -0.2) is 24.5 Å². The molecule has 0 spiro atoms. The highest BCUT2D eigenvalue weighted by molar-refractivity contribution is 5.77. The van der Waals surface area contributed by atoms with Crippen LogP contribution in [-0.2, 0) is 6.54 Å². The van der Waals surface area contributed by atoms with E-state index in [1.807, 2.05) is 92.0 Å². The highest BCUT2D eigenvalue weighted by atomic mass is 16.1. The van der Waals surface area contributed by atoms with Gasteiger partial charge in [-0.15, -0.1) is 5.10 Å². The SMILES string of the molecule is Cc1nc2ccccc2c(=O)n1-c1ccccc1Cn1cc(-c2ccccc2)nn1. The zero-order valence-electron chi connectivity index (χ0n) is 16.4. The van der Waals surface area contributed by atoms with Crippen LogP contribution in [0.1, 0.15) is 11.4 Å².